The quantitative estimate of drug-likeness (QED) is 0.552. The lowest BCUT2D eigenvalue weighted by atomic mass is 10.9. The Morgan fingerprint density at radius 3 is 2.29 bits per heavy atom. The maximum atomic E-state index is 11.3. The molecule has 0 aromatic heterocycles. The van der Waals surface area contributed by atoms with Crippen molar-refractivity contribution in [2.24, 2.45) is 0 Å². The van der Waals surface area contributed by atoms with Crippen LogP contribution in [0, 0.1) is 0 Å². The summed E-state index contributed by atoms with van der Waals surface area (Å²) in [5, 5.41) is 0. The third-order valence-corrected chi connectivity index (χ3v) is 0.904. The Balaban J connectivity index is 3.34. The largest absolute Gasteiger partial charge is 0.304 e. The Kier molecular flexibility index (Phi) is 3.02. The molecular formula is C2H4F2O2S. The monoisotopic (exact) mass is 130 g/mol. The molecule has 2 atom stereocenters. The van der Waals surface area contributed by atoms with Crippen molar-refractivity contribution in [3.05, 3.63) is 0 Å². The SMILES string of the molecule is O=S(O)C(F)CF. The van der Waals surface area contributed by atoms with E-state index in [4.69, 9.17) is 4.55 Å². The molecule has 0 heterocycles. The van der Waals surface area contributed by atoms with Gasteiger partial charge >= 0.3 is 0 Å². The Hall–Kier alpha value is -0.0300. The first-order valence-corrected chi connectivity index (χ1v) is 2.65. The Labute approximate surface area is 41.8 Å². The molecule has 0 aromatic rings. The van der Waals surface area contributed by atoms with Crippen molar-refractivity contribution in [1.82, 2.24) is 0 Å². The highest BCUT2D eigenvalue weighted by Gasteiger charge is 2.10. The first-order chi connectivity index (χ1) is 3.18. The molecule has 0 aliphatic heterocycles. The van der Waals surface area contributed by atoms with Crippen molar-refractivity contribution in [2.75, 3.05) is 6.67 Å². The smallest absolute Gasteiger partial charge is 0.228 e. The summed E-state index contributed by atoms with van der Waals surface area (Å²) in [5.41, 5.74) is -2.24. The van der Waals surface area contributed by atoms with Crippen LogP contribution in [0.2, 0.25) is 0 Å². The number of hydrogen-bond acceptors (Lipinski definition) is 1. The molecule has 1 N–H and O–H groups in total. The summed E-state index contributed by atoms with van der Waals surface area (Å²) in [7, 11) is 0. The van der Waals surface area contributed by atoms with E-state index in [1.165, 1.54) is 0 Å². The van der Waals surface area contributed by atoms with Gasteiger partial charge in [-0.2, -0.15) is 0 Å². The molecule has 0 aromatic carbocycles. The predicted octanol–water partition coefficient (Wildman–Crippen LogP) is 0.473. The summed E-state index contributed by atoms with van der Waals surface area (Å²) < 4.78 is 39.3. The van der Waals surface area contributed by atoms with E-state index in [-0.39, 0.29) is 0 Å². The van der Waals surface area contributed by atoms with E-state index < -0.39 is 23.3 Å². The number of rotatable bonds is 2. The van der Waals surface area contributed by atoms with Crippen LogP contribution in [0.4, 0.5) is 8.78 Å². The van der Waals surface area contributed by atoms with E-state index in [2.05, 4.69) is 0 Å². The van der Waals surface area contributed by atoms with Crippen LogP contribution >= 0.6 is 0 Å². The van der Waals surface area contributed by atoms with Crippen LogP contribution in [0.1, 0.15) is 0 Å². The average molecular weight is 130 g/mol. The summed E-state index contributed by atoms with van der Waals surface area (Å²) in [6, 6.07) is 0. The van der Waals surface area contributed by atoms with Crippen molar-refractivity contribution < 1.29 is 17.5 Å². The van der Waals surface area contributed by atoms with Gasteiger partial charge in [-0.05, 0) is 0 Å². The van der Waals surface area contributed by atoms with Gasteiger partial charge in [0.1, 0.15) is 6.67 Å². The summed E-state index contributed by atoms with van der Waals surface area (Å²) in [5.74, 6) is 0. The van der Waals surface area contributed by atoms with Gasteiger partial charge in [-0.1, -0.05) is 0 Å². The van der Waals surface area contributed by atoms with Crippen LogP contribution < -0.4 is 0 Å². The van der Waals surface area contributed by atoms with Crippen molar-refractivity contribution in [2.45, 2.75) is 5.50 Å². The van der Waals surface area contributed by atoms with Gasteiger partial charge < -0.3 is 4.55 Å². The van der Waals surface area contributed by atoms with Gasteiger partial charge in [0.15, 0.2) is 11.1 Å². The fraction of sp³-hybridized carbons (Fsp3) is 1.00. The van der Waals surface area contributed by atoms with E-state index in [1.807, 2.05) is 0 Å². The van der Waals surface area contributed by atoms with Crippen LogP contribution in [-0.2, 0) is 11.1 Å². The molecular weight excluding hydrogens is 126 g/mol. The molecule has 0 bridgehead atoms. The highest BCUT2D eigenvalue weighted by molar-refractivity contribution is 7.79. The lowest BCUT2D eigenvalue weighted by molar-refractivity contribution is 0.327. The van der Waals surface area contributed by atoms with Crippen LogP contribution in [0.25, 0.3) is 0 Å². The molecule has 2 nitrogen and oxygen atoms in total. The summed E-state index contributed by atoms with van der Waals surface area (Å²) in [4.78, 5) is 0. The minimum absolute atomic E-state index is 1.40. The molecule has 0 saturated carbocycles. The van der Waals surface area contributed by atoms with Gasteiger partial charge in [0.2, 0.25) is 5.50 Å². The molecule has 0 saturated heterocycles. The highest BCUT2D eigenvalue weighted by atomic mass is 32.2. The van der Waals surface area contributed by atoms with Crippen LogP contribution in [-0.4, -0.2) is 20.9 Å². The van der Waals surface area contributed by atoms with Crippen LogP contribution in [0.3, 0.4) is 0 Å². The lowest BCUT2D eigenvalue weighted by Crippen LogP contribution is -2.08. The first kappa shape index (κ1) is 6.97. The zero-order chi connectivity index (χ0) is 5.86. The zero-order valence-corrected chi connectivity index (χ0v) is 4.12. The van der Waals surface area contributed by atoms with Gasteiger partial charge in [0.25, 0.3) is 0 Å². The van der Waals surface area contributed by atoms with Gasteiger partial charge in [-0.25, -0.2) is 13.0 Å². The maximum absolute atomic E-state index is 11.3. The molecule has 7 heavy (non-hydrogen) atoms. The van der Waals surface area contributed by atoms with Crippen molar-refractivity contribution in [3.63, 3.8) is 0 Å². The predicted molar refractivity (Wildman–Crippen MR) is 21.6 cm³/mol. The van der Waals surface area contributed by atoms with Gasteiger partial charge in [-0.15, -0.1) is 0 Å². The summed E-state index contributed by atoms with van der Waals surface area (Å²) >= 11 is -2.65. The summed E-state index contributed by atoms with van der Waals surface area (Å²) in [6.07, 6.45) is 0. The third-order valence-electron chi connectivity index (χ3n) is 0.340. The van der Waals surface area contributed by atoms with E-state index in [0.717, 1.165) is 0 Å². The van der Waals surface area contributed by atoms with Gasteiger partial charge in [-0.3, -0.25) is 0 Å². The van der Waals surface area contributed by atoms with E-state index in [9.17, 15) is 13.0 Å². The van der Waals surface area contributed by atoms with Crippen LogP contribution in [0.5, 0.6) is 0 Å². The zero-order valence-electron chi connectivity index (χ0n) is 3.30. The highest BCUT2D eigenvalue weighted by Crippen LogP contribution is 1.93. The Morgan fingerprint density at radius 2 is 2.29 bits per heavy atom. The fourth-order valence-electron chi connectivity index (χ4n) is 0.0539. The van der Waals surface area contributed by atoms with E-state index in [0.29, 0.717) is 0 Å². The average Bonchev–Trinajstić information content (AvgIpc) is 1.65. The topological polar surface area (TPSA) is 37.3 Å². The van der Waals surface area contributed by atoms with Crippen molar-refractivity contribution in [3.8, 4) is 0 Å². The second kappa shape index (κ2) is 3.04. The molecule has 0 aliphatic rings. The van der Waals surface area contributed by atoms with Crippen molar-refractivity contribution in [1.29, 1.82) is 0 Å². The van der Waals surface area contributed by atoms with E-state index in [1.54, 1.807) is 0 Å². The molecule has 0 rings (SSSR count). The maximum Gasteiger partial charge on any atom is 0.228 e. The molecule has 44 valence electrons. The number of hydrogen-bond donors (Lipinski definition) is 1. The standard InChI is InChI=1S/C2H4F2O2S/c3-1-2(4)7(5)6/h2H,1H2,(H,5,6). The minimum atomic E-state index is -2.65. The second-order valence-electron chi connectivity index (χ2n) is 0.841. The molecule has 0 spiro atoms. The number of halogens is 2. The Bertz CT molecular complexity index is 76.1. The molecule has 0 radical (unpaired) electrons. The lowest BCUT2D eigenvalue weighted by Gasteiger charge is -1.91. The molecule has 0 aliphatic carbocycles. The normalized spacial score (nSPS) is 18.7. The summed E-state index contributed by atoms with van der Waals surface area (Å²) in [6.45, 7) is -1.40. The molecule has 5 heteroatoms. The third kappa shape index (κ3) is 2.64. The number of alkyl halides is 2. The Morgan fingerprint density at radius 1 is 1.86 bits per heavy atom. The van der Waals surface area contributed by atoms with Gasteiger partial charge in [0.05, 0.1) is 0 Å². The van der Waals surface area contributed by atoms with Gasteiger partial charge in [0, 0.05) is 0 Å². The van der Waals surface area contributed by atoms with Crippen molar-refractivity contribution >= 4 is 11.1 Å². The fourth-order valence-corrected chi connectivity index (χ4v) is 0.162. The molecule has 0 amide bonds. The minimum Gasteiger partial charge on any atom is -0.304 e. The second-order valence-corrected chi connectivity index (χ2v) is 1.90. The molecule has 2 unspecified atom stereocenters. The molecule has 0 fully saturated rings. The first-order valence-electron chi connectivity index (χ1n) is 1.48. The van der Waals surface area contributed by atoms with E-state index >= 15 is 0 Å². The van der Waals surface area contributed by atoms with Crippen LogP contribution in [0.15, 0.2) is 0 Å².